The van der Waals surface area contributed by atoms with E-state index in [4.69, 9.17) is 16.7 Å². The Morgan fingerprint density at radius 1 is 1.17 bits per heavy atom. The number of rotatable bonds is 2. The molecule has 3 aliphatic rings. The summed E-state index contributed by atoms with van der Waals surface area (Å²) in [6.45, 7) is 4.87. The number of nitriles is 1. The number of nitrogens with zero attached hydrogens (tertiary/aromatic N) is 5. The number of nitrogens with two attached hydrogens (primary N) is 2. The lowest BCUT2D eigenvalue weighted by atomic mass is 10.0. The number of likely N-dealkylation sites (tertiary alicyclic amines) is 1. The molecule has 0 aromatic heterocycles. The molecule has 0 aliphatic carbocycles. The van der Waals surface area contributed by atoms with Crippen LogP contribution in [0.4, 0.5) is 4.79 Å². The maximum atomic E-state index is 12.6. The number of carbonyl (C=O) groups is 1. The van der Waals surface area contributed by atoms with Gasteiger partial charge in [0.25, 0.3) is 0 Å². The molecule has 2 unspecified atom stereocenters. The molecule has 8 heteroatoms. The summed E-state index contributed by atoms with van der Waals surface area (Å²) in [5, 5.41) is 8.82. The van der Waals surface area contributed by atoms with E-state index in [9.17, 15) is 4.79 Å². The zero-order valence-electron chi connectivity index (χ0n) is 14.1. The van der Waals surface area contributed by atoms with Crippen LogP contribution < -0.4 is 11.5 Å². The first-order chi connectivity index (χ1) is 11.5. The van der Waals surface area contributed by atoms with Gasteiger partial charge in [0, 0.05) is 26.2 Å². The molecule has 0 aromatic carbocycles. The number of guanidine groups is 1. The molecule has 0 aromatic rings. The average molecular weight is 331 g/mol. The summed E-state index contributed by atoms with van der Waals surface area (Å²) in [6.07, 6.45) is 4.18. The molecule has 2 amide bonds. The summed E-state index contributed by atoms with van der Waals surface area (Å²) < 4.78 is 0. The SMILES string of the molecule is C/C(N=C(N)N1CCCC(N2CC3CCCN3C2=O)C1)=C(/N)C#N. The first-order valence-corrected chi connectivity index (χ1v) is 8.54. The van der Waals surface area contributed by atoms with Crippen molar-refractivity contribution >= 4 is 12.0 Å². The van der Waals surface area contributed by atoms with E-state index >= 15 is 0 Å². The maximum Gasteiger partial charge on any atom is 0.320 e. The highest BCUT2D eigenvalue weighted by atomic mass is 16.2. The fourth-order valence-corrected chi connectivity index (χ4v) is 3.85. The largest absolute Gasteiger partial charge is 0.389 e. The van der Waals surface area contributed by atoms with Gasteiger partial charge in [-0.05, 0) is 32.6 Å². The molecule has 8 nitrogen and oxygen atoms in total. The zero-order chi connectivity index (χ0) is 17.3. The first kappa shape index (κ1) is 16.4. The van der Waals surface area contributed by atoms with E-state index in [0.29, 0.717) is 24.2 Å². The number of aliphatic imine (C=N–C) groups is 1. The molecule has 3 aliphatic heterocycles. The first-order valence-electron chi connectivity index (χ1n) is 8.54. The van der Waals surface area contributed by atoms with Crippen LogP contribution >= 0.6 is 0 Å². The van der Waals surface area contributed by atoms with Crippen LogP contribution in [0, 0.1) is 11.3 Å². The molecule has 3 rings (SSSR count). The van der Waals surface area contributed by atoms with Crippen LogP contribution in [0.5, 0.6) is 0 Å². The number of allylic oxidation sites excluding steroid dienone is 2. The van der Waals surface area contributed by atoms with E-state index in [1.807, 2.05) is 20.8 Å². The number of hydrogen-bond acceptors (Lipinski definition) is 4. The molecule has 3 fully saturated rings. The summed E-state index contributed by atoms with van der Waals surface area (Å²) in [4.78, 5) is 22.8. The minimum absolute atomic E-state index is 0.0712. The van der Waals surface area contributed by atoms with Crippen molar-refractivity contribution in [1.29, 1.82) is 5.26 Å². The minimum Gasteiger partial charge on any atom is -0.389 e. The van der Waals surface area contributed by atoms with Gasteiger partial charge in [-0.25, -0.2) is 9.79 Å². The summed E-state index contributed by atoms with van der Waals surface area (Å²) >= 11 is 0. The fraction of sp³-hybridized carbons (Fsp3) is 0.688. The lowest BCUT2D eigenvalue weighted by Crippen LogP contribution is -2.52. The van der Waals surface area contributed by atoms with Crippen molar-refractivity contribution in [1.82, 2.24) is 14.7 Å². The third-order valence-electron chi connectivity index (χ3n) is 5.23. The molecule has 3 saturated heterocycles. The lowest BCUT2D eigenvalue weighted by molar-refractivity contribution is 0.148. The van der Waals surface area contributed by atoms with Crippen LogP contribution in [-0.2, 0) is 0 Å². The lowest BCUT2D eigenvalue weighted by Gasteiger charge is -2.38. The van der Waals surface area contributed by atoms with E-state index in [0.717, 1.165) is 45.3 Å². The highest BCUT2D eigenvalue weighted by Crippen LogP contribution is 2.29. The molecule has 2 atom stereocenters. The predicted octanol–water partition coefficient (Wildman–Crippen LogP) is 0.379. The van der Waals surface area contributed by atoms with Gasteiger partial charge >= 0.3 is 6.03 Å². The second-order valence-corrected chi connectivity index (χ2v) is 6.75. The van der Waals surface area contributed by atoms with E-state index < -0.39 is 0 Å². The number of hydrogen-bond donors (Lipinski definition) is 2. The summed E-state index contributed by atoms with van der Waals surface area (Å²) in [6, 6.07) is 2.60. The monoisotopic (exact) mass is 331 g/mol. The van der Waals surface area contributed by atoms with E-state index in [1.165, 1.54) is 0 Å². The molecule has 0 saturated carbocycles. The van der Waals surface area contributed by atoms with E-state index in [2.05, 4.69) is 4.99 Å². The van der Waals surface area contributed by atoms with Crippen molar-refractivity contribution in [2.24, 2.45) is 16.5 Å². The predicted molar refractivity (Wildman–Crippen MR) is 90.5 cm³/mol. The second kappa shape index (κ2) is 6.59. The fourth-order valence-electron chi connectivity index (χ4n) is 3.85. The van der Waals surface area contributed by atoms with Gasteiger partial charge in [-0.15, -0.1) is 0 Å². The van der Waals surface area contributed by atoms with Gasteiger partial charge in [0.2, 0.25) is 0 Å². The number of piperidine rings is 1. The van der Waals surface area contributed by atoms with E-state index in [-0.39, 0.29) is 17.8 Å². The Labute approximate surface area is 142 Å². The smallest absolute Gasteiger partial charge is 0.320 e. The number of fused-ring (bicyclic) bond motifs is 1. The van der Waals surface area contributed by atoms with Crippen molar-refractivity contribution < 1.29 is 4.79 Å². The van der Waals surface area contributed by atoms with Gasteiger partial charge in [-0.1, -0.05) is 0 Å². The summed E-state index contributed by atoms with van der Waals surface area (Å²) in [5.41, 5.74) is 12.2. The molecule has 3 heterocycles. The van der Waals surface area contributed by atoms with Gasteiger partial charge in [0.15, 0.2) is 5.96 Å². The van der Waals surface area contributed by atoms with Crippen molar-refractivity contribution in [2.45, 2.75) is 44.7 Å². The number of amides is 2. The van der Waals surface area contributed by atoms with Gasteiger partial charge in [0.05, 0.1) is 17.8 Å². The minimum atomic E-state index is 0.0712. The highest BCUT2D eigenvalue weighted by Gasteiger charge is 2.43. The van der Waals surface area contributed by atoms with Crippen LogP contribution in [0.2, 0.25) is 0 Å². The van der Waals surface area contributed by atoms with Gasteiger partial charge < -0.3 is 26.2 Å². The Morgan fingerprint density at radius 2 is 1.83 bits per heavy atom. The molecule has 0 radical (unpaired) electrons. The molecular formula is C16H25N7O. The van der Waals surface area contributed by atoms with Crippen LogP contribution in [0.15, 0.2) is 16.4 Å². The average Bonchev–Trinajstić information content (AvgIpc) is 3.17. The molecule has 130 valence electrons. The third-order valence-corrected chi connectivity index (χ3v) is 5.23. The second-order valence-electron chi connectivity index (χ2n) is 6.75. The molecule has 0 spiro atoms. The molecular weight excluding hydrogens is 306 g/mol. The van der Waals surface area contributed by atoms with Crippen LogP contribution in [-0.4, -0.2) is 65.0 Å². The maximum absolute atomic E-state index is 12.6. The molecule has 24 heavy (non-hydrogen) atoms. The Hall–Kier alpha value is -2.43. The number of carbonyl (C=O) groups excluding carboxylic acids is 1. The van der Waals surface area contributed by atoms with Gasteiger partial charge in [-0.2, -0.15) is 5.26 Å². The van der Waals surface area contributed by atoms with E-state index in [1.54, 1.807) is 6.92 Å². The number of urea groups is 1. The van der Waals surface area contributed by atoms with Crippen LogP contribution in [0.1, 0.15) is 32.6 Å². The standard InChI is InChI=1S/C16H25N7O/c1-11(14(18)8-17)20-15(19)21-6-2-4-12(9-21)23-10-13-5-3-7-22(13)16(23)24/h12-13H,2-7,9-10,18H2,1H3,(H2,19,20)/b14-11-. The normalized spacial score (nSPS) is 28.8. The third kappa shape index (κ3) is 2.98. The van der Waals surface area contributed by atoms with Crippen molar-refractivity contribution in [3.8, 4) is 6.07 Å². The summed E-state index contributed by atoms with van der Waals surface area (Å²) in [7, 11) is 0. The van der Waals surface area contributed by atoms with Crippen molar-refractivity contribution in [3.05, 3.63) is 11.4 Å². The quantitative estimate of drug-likeness (QED) is 0.431. The highest BCUT2D eigenvalue weighted by molar-refractivity contribution is 5.80. The topological polar surface area (TPSA) is 115 Å². The molecule has 4 N–H and O–H groups in total. The van der Waals surface area contributed by atoms with Gasteiger partial charge in [0.1, 0.15) is 11.8 Å². The summed E-state index contributed by atoms with van der Waals surface area (Å²) in [5.74, 6) is 0.363. The van der Waals surface area contributed by atoms with Crippen LogP contribution in [0.25, 0.3) is 0 Å². The zero-order valence-corrected chi connectivity index (χ0v) is 14.1. The Kier molecular flexibility index (Phi) is 4.51. The Bertz CT molecular complexity index is 620. The van der Waals surface area contributed by atoms with Crippen LogP contribution in [0.3, 0.4) is 0 Å². The van der Waals surface area contributed by atoms with Crippen molar-refractivity contribution in [2.75, 3.05) is 26.2 Å². The van der Waals surface area contributed by atoms with Crippen molar-refractivity contribution in [3.63, 3.8) is 0 Å². The Balaban J connectivity index is 1.68. The molecule has 0 bridgehead atoms. The van der Waals surface area contributed by atoms with Gasteiger partial charge in [-0.3, -0.25) is 0 Å². The Morgan fingerprint density at radius 3 is 2.50 bits per heavy atom.